The van der Waals surface area contributed by atoms with Crippen molar-refractivity contribution in [2.75, 3.05) is 20.3 Å². The molecule has 6 N–H and O–H groups in total. The fourth-order valence-corrected chi connectivity index (χ4v) is 7.43. The minimum atomic E-state index is -1.14. The van der Waals surface area contributed by atoms with Crippen LogP contribution >= 0.6 is 0 Å². The molecule has 0 radical (unpaired) electrons. The molecule has 4 amide bonds. The van der Waals surface area contributed by atoms with Crippen molar-refractivity contribution in [1.82, 2.24) is 21.3 Å². The second-order valence-corrected chi connectivity index (χ2v) is 14.8. The molecule has 0 aliphatic carbocycles. The highest BCUT2D eigenvalue weighted by Crippen LogP contribution is 2.44. The Bertz CT molecular complexity index is 1400. The molecule has 0 aromatic rings. The Balaban J connectivity index is 1.15. The van der Waals surface area contributed by atoms with Crippen LogP contribution < -0.4 is 27.0 Å². The first-order valence-corrected chi connectivity index (χ1v) is 17.2. The van der Waals surface area contributed by atoms with E-state index in [9.17, 15) is 24.0 Å². The molecule has 51 heavy (non-hydrogen) atoms. The van der Waals surface area contributed by atoms with Crippen LogP contribution in [-0.2, 0) is 66.6 Å². The van der Waals surface area contributed by atoms with Gasteiger partial charge in [0.05, 0.1) is 50.3 Å². The zero-order valence-corrected chi connectivity index (χ0v) is 29.9. The molecule has 0 aromatic heterocycles. The Morgan fingerprint density at radius 1 is 0.647 bits per heavy atom. The molecule has 0 spiro atoms. The monoisotopic (exact) mass is 727 g/mol. The van der Waals surface area contributed by atoms with Crippen molar-refractivity contribution in [3.8, 4) is 0 Å². The number of fused-ring (bicyclic) bond motifs is 6. The normalized spacial score (nSPS) is 40.3. The summed E-state index contributed by atoms with van der Waals surface area (Å²) < 4.78 is 52.8. The molecule has 0 saturated carbocycles. The van der Waals surface area contributed by atoms with E-state index < -0.39 is 132 Å². The summed E-state index contributed by atoms with van der Waals surface area (Å²) >= 11 is 0. The highest BCUT2D eigenvalue weighted by Gasteiger charge is 2.62. The van der Waals surface area contributed by atoms with Crippen molar-refractivity contribution in [2.24, 2.45) is 17.6 Å². The number of carbonyl (C=O) groups excluding carboxylic acids is 5. The Morgan fingerprint density at radius 3 is 1.51 bits per heavy atom. The maximum atomic E-state index is 13.8. The number of rotatable bonds is 9. The molecule has 286 valence electrons. The molecule has 6 fully saturated rings. The summed E-state index contributed by atoms with van der Waals surface area (Å²) in [6.07, 6.45) is -5.84. The van der Waals surface area contributed by atoms with Crippen molar-refractivity contribution in [2.45, 2.75) is 139 Å². The van der Waals surface area contributed by atoms with E-state index in [1.54, 1.807) is 27.7 Å². The van der Waals surface area contributed by atoms with Gasteiger partial charge >= 0.3 is 5.97 Å². The molecule has 0 aromatic carbocycles. The van der Waals surface area contributed by atoms with E-state index in [-0.39, 0.29) is 13.2 Å². The molecule has 6 heterocycles. The lowest BCUT2D eigenvalue weighted by Gasteiger charge is -2.41. The molecule has 19 nitrogen and oxygen atoms in total. The SMILES string of the molecule is COC(=O)[C@H](C)NC(=O)[C@H]1CO[C@H]2[C@H](O[C@@H]3OC(C)(C)O[C@@H]32)[C@H]1NC(=O)[C@H](C)NC(=O)[C@H]1CO[C@H]2[C@H](O[C@@H]3OC(C)(C)O[C@@H]32)[C@H]1NC(=O)[C@H](C)N. The predicted molar refractivity (Wildman–Crippen MR) is 169 cm³/mol. The van der Waals surface area contributed by atoms with Gasteiger partial charge in [-0.3, -0.25) is 19.2 Å². The maximum Gasteiger partial charge on any atom is 0.328 e. The first-order valence-electron chi connectivity index (χ1n) is 17.2. The summed E-state index contributed by atoms with van der Waals surface area (Å²) in [5.41, 5.74) is 5.84. The lowest BCUT2D eigenvalue weighted by Crippen LogP contribution is -2.65. The van der Waals surface area contributed by atoms with E-state index in [1.165, 1.54) is 27.9 Å². The quantitative estimate of drug-likeness (QED) is 0.152. The lowest BCUT2D eigenvalue weighted by molar-refractivity contribution is -0.233. The van der Waals surface area contributed by atoms with Gasteiger partial charge < -0.3 is 69.6 Å². The highest BCUT2D eigenvalue weighted by molar-refractivity contribution is 5.91. The number of amides is 4. The first kappa shape index (κ1) is 37.7. The maximum absolute atomic E-state index is 13.8. The van der Waals surface area contributed by atoms with Crippen LogP contribution in [-0.4, -0.2) is 141 Å². The molecular weight excluding hydrogens is 678 g/mol. The number of ether oxygens (including phenoxy) is 9. The van der Waals surface area contributed by atoms with Gasteiger partial charge in [0.2, 0.25) is 23.6 Å². The van der Waals surface area contributed by atoms with Crippen LogP contribution in [0.1, 0.15) is 48.5 Å². The Hall–Kier alpha value is -3.01. The molecule has 6 saturated heterocycles. The average molecular weight is 728 g/mol. The number of nitrogens with two attached hydrogens (primary N) is 1. The number of nitrogens with one attached hydrogen (secondary N) is 4. The second kappa shape index (κ2) is 14.1. The second-order valence-electron chi connectivity index (χ2n) is 14.8. The number of hydrogen-bond acceptors (Lipinski definition) is 15. The summed E-state index contributed by atoms with van der Waals surface area (Å²) in [6, 6.07) is -4.87. The molecule has 0 unspecified atom stereocenters. The number of methoxy groups -OCH3 is 1. The van der Waals surface area contributed by atoms with Gasteiger partial charge in [0.1, 0.15) is 48.7 Å². The Morgan fingerprint density at radius 2 is 1.08 bits per heavy atom. The van der Waals surface area contributed by atoms with Crippen LogP contribution in [0.4, 0.5) is 0 Å². The molecule has 15 atom stereocenters. The zero-order valence-electron chi connectivity index (χ0n) is 29.9. The molecule has 0 bridgehead atoms. The zero-order chi connectivity index (χ0) is 37.2. The van der Waals surface area contributed by atoms with E-state index in [0.29, 0.717) is 0 Å². The molecule has 6 aliphatic heterocycles. The third-order valence-electron chi connectivity index (χ3n) is 9.94. The molecule has 6 aliphatic rings. The summed E-state index contributed by atoms with van der Waals surface area (Å²) in [5.74, 6) is -6.84. The van der Waals surface area contributed by atoms with E-state index in [2.05, 4.69) is 21.3 Å². The van der Waals surface area contributed by atoms with E-state index in [0.717, 1.165) is 0 Å². The van der Waals surface area contributed by atoms with Crippen molar-refractivity contribution < 1.29 is 66.6 Å². The van der Waals surface area contributed by atoms with Gasteiger partial charge in [-0.1, -0.05) is 0 Å². The van der Waals surface area contributed by atoms with Crippen LogP contribution in [0.3, 0.4) is 0 Å². The molecule has 6 rings (SSSR count). The van der Waals surface area contributed by atoms with Gasteiger partial charge in [-0.2, -0.15) is 0 Å². The van der Waals surface area contributed by atoms with Gasteiger partial charge in [0.15, 0.2) is 24.2 Å². The van der Waals surface area contributed by atoms with Crippen LogP contribution in [0.25, 0.3) is 0 Å². The van der Waals surface area contributed by atoms with Crippen molar-refractivity contribution >= 4 is 29.6 Å². The number of carbonyl (C=O) groups is 5. The number of esters is 1. The Labute approximate surface area is 294 Å². The Kier molecular flexibility index (Phi) is 10.4. The topological polar surface area (TPSA) is 243 Å². The van der Waals surface area contributed by atoms with Crippen molar-refractivity contribution in [3.63, 3.8) is 0 Å². The van der Waals surface area contributed by atoms with Gasteiger partial charge in [-0.05, 0) is 48.5 Å². The number of hydrogen-bond donors (Lipinski definition) is 5. The van der Waals surface area contributed by atoms with Gasteiger partial charge in [-0.25, -0.2) is 4.79 Å². The standard InChI is InChI=1S/C32H49N5O14/c1-11(33)24(38)36-16-14(9-44-20-18(16)46-29-22(20)48-31(4,5)50-29)26(40)34-12(2)25(39)37-17-15(27(41)35-13(3)28(42)43-8)10-45-21-19(17)47-30-23(21)49-32(6,7)51-30/h11-23,29-30H,9-10,33H2,1-8H3,(H,34,40)(H,35,41)(H,36,38)(H,37,39)/t11-,12-,13-,14-,15-,16-,17-,18+,19+,20-,21-,22+,23+,29+,30+/m0/s1. The fourth-order valence-electron chi connectivity index (χ4n) is 7.43. The fraction of sp³-hybridized carbons (Fsp3) is 0.844. The minimum absolute atomic E-state index is 0.126. The lowest BCUT2D eigenvalue weighted by atomic mass is 9.87. The average Bonchev–Trinajstić information content (AvgIpc) is 3.74. The van der Waals surface area contributed by atoms with Crippen LogP contribution in [0.2, 0.25) is 0 Å². The van der Waals surface area contributed by atoms with Gasteiger partial charge in [0, 0.05) is 0 Å². The highest BCUT2D eigenvalue weighted by atomic mass is 16.9. The summed E-state index contributed by atoms with van der Waals surface area (Å²) in [7, 11) is 1.20. The largest absolute Gasteiger partial charge is 0.467 e. The summed E-state index contributed by atoms with van der Waals surface area (Å²) in [4.78, 5) is 65.9. The van der Waals surface area contributed by atoms with Gasteiger partial charge in [0.25, 0.3) is 0 Å². The molecule has 19 heteroatoms. The first-order chi connectivity index (χ1) is 23.9. The smallest absolute Gasteiger partial charge is 0.328 e. The van der Waals surface area contributed by atoms with Crippen molar-refractivity contribution in [3.05, 3.63) is 0 Å². The minimum Gasteiger partial charge on any atom is -0.467 e. The van der Waals surface area contributed by atoms with E-state index in [1.807, 2.05) is 0 Å². The third kappa shape index (κ3) is 7.45. The molecular formula is C32H49N5O14. The summed E-state index contributed by atoms with van der Waals surface area (Å²) in [5, 5.41) is 11.0. The predicted octanol–water partition coefficient (Wildman–Crippen LogP) is -2.73. The van der Waals surface area contributed by atoms with Crippen LogP contribution in [0.5, 0.6) is 0 Å². The van der Waals surface area contributed by atoms with Crippen LogP contribution in [0.15, 0.2) is 0 Å². The summed E-state index contributed by atoms with van der Waals surface area (Å²) in [6.45, 7) is 11.1. The van der Waals surface area contributed by atoms with Gasteiger partial charge in [-0.15, -0.1) is 0 Å². The van der Waals surface area contributed by atoms with E-state index >= 15 is 0 Å². The van der Waals surface area contributed by atoms with Crippen LogP contribution in [0, 0.1) is 11.8 Å². The van der Waals surface area contributed by atoms with E-state index in [4.69, 9.17) is 48.4 Å². The van der Waals surface area contributed by atoms with Crippen molar-refractivity contribution in [1.29, 1.82) is 0 Å². The third-order valence-corrected chi connectivity index (χ3v) is 9.94.